The second-order valence-corrected chi connectivity index (χ2v) is 2.54. The van der Waals surface area contributed by atoms with Crippen LogP contribution in [-0.2, 0) is 0 Å². The molecule has 0 aromatic heterocycles. The monoisotopic (exact) mass is 153 g/mol. The smallest absolute Gasteiger partial charge is 0.280 e. The SMILES string of the molecule is FC1CNCCCC1(F)F. The third-order valence-electron chi connectivity index (χ3n) is 1.65. The Labute approximate surface area is 57.6 Å². The molecule has 0 aliphatic carbocycles. The molecule has 0 aromatic carbocycles. The zero-order valence-electron chi connectivity index (χ0n) is 5.54. The second kappa shape index (κ2) is 2.78. The lowest BCUT2D eigenvalue weighted by Gasteiger charge is -2.16. The van der Waals surface area contributed by atoms with E-state index in [1.807, 2.05) is 0 Å². The zero-order chi connectivity index (χ0) is 7.61. The normalized spacial score (nSPS) is 33.3. The van der Waals surface area contributed by atoms with Gasteiger partial charge in [-0.15, -0.1) is 0 Å². The molecule has 1 heterocycles. The van der Waals surface area contributed by atoms with Gasteiger partial charge >= 0.3 is 0 Å². The van der Waals surface area contributed by atoms with E-state index in [9.17, 15) is 13.2 Å². The van der Waals surface area contributed by atoms with Gasteiger partial charge in [0.2, 0.25) is 0 Å². The van der Waals surface area contributed by atoms with Crippen LogP contribution < -0.4 is 5.32 Å². The van der Waals surface area contributed by atoms with Gasteiger partial charge in [0.05, 0.1) is 0 Å². The predicted molar refractivity (Wildman–Crippen MR) is 31.9 cm³/mol. The van der Waals surface area contributed by atoms with Crippen molar-refractivity contribution in [3.8, 4) is 0 Å². The van der Waals surface area contributed by atoms with Gasteiger partial charge < -0.3 is 5.32 Å². The first-order valence-corrected chi connectivity index (χ1v) is 3.35. The molecule has 0 radical (unpaired) electrons. The van der Waals surface area contributed by atoms with Crippen LogP contribution in [0.15, 0.2) is 0 Å². The van der Waals surface area contributed by atoms with E-state index in [1.54, 1.807) is 0 Å². The minimum Gasteiger partial charge on any atom is -0.314 e. The van der Waals surface area contributed by atoms with Gasteiger partial charge in [-0.3, -0.25) is 0 Å². The zero-order valence-corrected chi connectivity index (χ0v) is 5.54. The summed E-state index contributed by atoms with van der Waals surface area (Å²) < 4.78 is 37.3. The van der Waals surface area contributed by atoms with Crippen LogP contribution in [0.4, 0.5) is 13.2 Å². The van der Waals surface area contributed by atoms with Crippen LogP contribution in [0.3, 0.4) is 0 Å². The largest absolute Gasteiger partial charge is 0.314 e. The maximum Gasteiger partial charge on any atom is 0.280 e. The Kier molecular flexibility index (Phi) is 2.18. The van der Waals surface area contributed by atoms with Gasteiger partial charge in [-0.05, 0) is 13.0 Å². The quantitative estimate of drug-likeness (QED) is 0.553. The van der Waals surface area contributed by atoms with Crippen LogP contribution >= 0.6 is 0 Å². The summed E-state index contributed by atoms with van der Waals surface area (Å²) in [5, 5.41) is 2.60. The average molecular weight is 153 g/mol. The van der Waals surface area contributed by atoms with Crippen LogP contribution in [0.1, 0.15) is 12.8 Å². The molecule has 0 amide bonds. The van der Waals surface area contributed by atoms with Crippen molar-refractivity contribution in [2.45, 2.75) is 24.9 Å². The van der Waals surface area contributed by atoms with Crippen LogP contribution in [0.5, 0.6) is 0 Å². The Morgan fingerprint density at radius 1 is 1.40 bits per heavy atom. The molecule has 0 aromatic rings. The highest BCUT2D eigenvalue weighted by molar-refractivity contribution is 4.81. The molecule has 1 rings (SSSR count). The van der Waals surface area contributed by atoms with Crippen molar-refractivity contribution in [1.29, 1.82) is 0 Å². The van der Waals surface area contributed by atoms with Gasteiger partial charge in [0.15, 0.2) is 6.17 Å². The molecule has 0 bridgehead atoms. The van der Waals surface area contributed by atoms with Crippen LogP contribution in [0, 0.1) is 0 Å². The third kappa shape index (κ3) is 1.62. The molecule has 1 nitrogen and oxygen atoms in total. The van der Waals surface area contributed by atoms with Gasteiger partial charge in [0, 0.05) is 13.0 Å². The molecular weight excluding hydrogens is 143 g/mol. The average Bonchev–Trinajstić information content (AvgIpc) is 1.96. The summed E-state index contributed by atoms with van der Waals surface area (Å²) >= 11 is 0. The predicted octanol–water partition coefficient (Wildman–Crippen LogP) is 1.34. The summed E-state index contributed by atoms with van der Waals surface area (Å²) in [6.45, 7) is 0.281. The standard InChI is InChI=1S/C6H10F3N/c7-5-4-10-3-1-2-6(5,8)9/h5,10H,1-4H2. The highest BCUT2D eigenvalue weighted by atomic mass is 19.3. The van der Waals surface area contributed by atoms with E-state index in [1.165, 1.54) is 0 Å². The number of rotatable bonds is 0. The van der Waals surface area contributed by atoms with Crippen LogP contribution in [-0.4, -0.2) is 25.2 Å². The van der Waals surface area contributed by atoms with Crippen molar-refractivity contribution < 1.29 is 13.2 Å². The fourth-order valence-electron chi connectivity index (χ4n) is 0.984. The van der Waals surface area contributed by atoms with E-state index in [4.69, 9.17) is 0 Å². The molecule has 1 aliphatic heterocycles. The Morgan fingerprint density at radius 3 is 2.80 bits per heavy atom. The topological polar surface area (TPSA) is 12.0 Å². The lowest BCUT2D eigenvalue weighted by atomic mass is 10.1. The molecule has 1 saturated heterocycles. The van der Waals surface area contributed by atoms with E-state index in [-0.39, 0.29) is 13.0 Å². The highest BCUT2D eigenvalue weighted by Gasteiger charge is 2.40. The first-order valence-electron chi connectivity index (χ1n) is 3.35. The molecule has 1 unspecified atom stereocenters. The fourth-order valence-corrected chi connectivity index (χ4v) is 0.984. The Balaban J connectivity index is 2.52. The molecule has 1 fully saturated rings. The summed E-state index contributed by atoms with van der Waals surface area (Å²) in [7, 11) is 0. The number of hydrogen-bond donors (Lipinski definition) is 1. The van der Waals surface area contributed by atoms with E-state index >= 15 is 0 Å². The Hall–Kier alpha value is -0.250. The maximum absolute atomic E-state index is 12.4. The lowest BCUT2D eigenvalue weighted by Crippen LogP contribution is -2.34. The number of halogens is 3. The third-order valence-corrected chi connectivity index (χ3v) is 1.65. The van der Waals surface area contributed by atoms with Crippen molar-refractivity contribution in [1.82, 2.24) is 5.32 Å². The Bertz CT molecular complexity index is 116. The van der Waals surface area contributed by atoms with Crippen molar-refractivity contribution in [2.24, 2.45) is 0 Å². The number of alkyl halides is 3. The molecule has 60 valence electrons. The molecule has 1 aliphatic rings. The molecule has 0 spiro atoms. The molecule has 1 N–H and O–H groups in total. The molecule has 4 heteroatoms. The first kappa shape index (κ1) is 7.85. The lowest BCUT2D eigenvalue weighted by molar-refractivity contribution is -0.0714. The molecular formula is C6H10F3N. The van der Waals surface area contributed by atoms with E-state index in [0.29, 0.717) is 13.0 Å². The summed E-state index contributed by atoms with van der Waals surface area (Å²) in [6.07, 6.45) is -1.98. The minimum atomic E-state index is -3.11. The summed E-state index contributed by atoms with van der Waals surface area (Å²) in [5.41, 5.74) is 0. The number of nitrogens with one attached hydrogen (secondary N) is 1. The minimum absolute atomic E-state index is 0.215. The van der Waals surface area contributed by atoms with E-state index < -0.39 is 12.1 Å². The van der Waals surface area contributed by atoms with Crippen LogP contribution in [0.25, 0.3) is 0 Å². The first-order chi connectivity index (χ1) is 4.63. The van der Waals surface area contributed by atoms with Gasteiger partial charge in [-0.25, -0.2) is 13.2 Å². The molecule has 0 saturated carbocycles. The molecule has 1 atom stereocenters. The van der Waals surface area contributed by atoms with Crippen molar-refractivity contribution in [2.75, 3.05) is 13.1 Å². The van der Waals surface area contributed by atoms with Crippen molar-refractivity contribution in [3.05, 3.63) is 0 Å². The van der Waals surface area contributed by atoms with Gasteiger partial charge in [-0.2, -0.15) is 0 Å². The van der Waals surface area contributed by atoms with E-state index in [0.717, 1.165) is 0 Å². The second-order valence-electron chi connectivity index (χ2n) is 2.54. The van der Waals surface area contributed by atoms with Crippen molar-refractivity contribution >= 4 is 0 Å². The van der Waals surface area contributed by atoms with Crippen molar-refractivity contribution in [3.63, 3.8) is 0 Å². The fraction of sp³-hybridized carbons (Fsp3) is 1.00. The highest BCUT2D eigenvalue weighted by Crippen LogP contribution is 2.27. The van der Waals surface area contributed by atoms with Crippen LogP contribution in [0.2, 0.25) is 0 Å². The summed E-state index contributed by atoms with van der Waals surface area (Å²) in [6, 6.07) is 0. The van der Waals surface area contributed by atoms with Gasteiger partial charge in [0.1, 0.15) is 0 Å². The van der Waals surface area contributed by atoms with Gasteiger partial charge in [0.25, 0.3) is 5.92 Å². The Morgan fingerprint density at radius 2 is 2.10 bits per heavy atom. The summed E-state index contributed by atoms with van der Waals surface area (Å²) in [4.78, 5) is 0. The summed E-state index contributed by atoms with van der Waals surface area (Å²) in [5.74, 6) is -3.11. The number of hydrogen-bond acceptors (Lipinski definition) is 1. The maximum atomic E-state index is 12.4. The van der Waals surface area contributed by atoms with E-state index in [2.05, 4.69) is 5.32 Å². The molecule has 10 heavy (non-hydrogen) atoms. The van der Waals surface area contributed by atoms with Gasteiger partial charge in [-0.1, -0.05) is 0 Å².